The van der Waals surface area contributed by atoms with Crippen molar-refractivity contribution in [2.45, 2.75) is 51.6 Å². The number of thiophene rings is 1. The van der Waals surface area contributed by atoms with Gasteiger partial charge in [0.1, 0.15) is 22.8 Å². The lowest BCUT2D eigenvalue weighted by Gasteiger charge is -2.36. The van der Waals surface area contributed by atoms with Gasteiger partial charge >= 0.3 is 0 Å². The fourth-order valence-corrected chi connectivity index (χ4v) is 4.78. The fraction of sp³-hybridized carbons (Fsp3) is 0.476. The van der Waals surface area contributed by atoms with E-state index in [1.165, 1.54) is 17.7 Å². The van der Waals surface area contributed by atoms with Gasteiger partial charge in [0, 0.05) is 36.8 Å². The highest BCUT2D eigenvalue weighted by atomic mass is 32.1. The molecule has 1 aliphatic heterocycles. The Balaban J connectivity index is 1.44. The zero-order chi connectivity index (χ0) is 19.3. The van der Waals surface area contributed by atoms with Crippen molar-refractivity contribution in [1.82, 2.24) is 15.0 Å². The van der Waals surface area contributed by atoms with E-state index in [0.717, 1.165) is 53.2 Å². The maximum atomic E-state index is 9.33. The topological polar surface area (TPSA) is 74.2 Å². The molecule has 4 heterocycles. The summed E-state index contributed by atoms with van der Waals surface area (Å²) in [7, 11) is 0. The van der Waals surface area contributed by atoms with Crippen molar-refractivity contribution >= 4 is 33.2 Å². The van der Waals surface area contributed by atoms with Crippen LogP contribution in [0.15, 0.2) is 30.7 Å². The summed E-state index contributed by atoms with van der Waals surface area (Å²) < 4.78 is 0. The number of aryl methyl sites for hydroxylation is 1. The van der Waals surface area contributed by atoms with Crippen LogP contribution in [0.5, 0.6) is 0 Å². The van der Waals surface area contributed by atoms with Gasteiger partial charge < -0.3 is 15.3 Å². The van der Waals surface area contributed by atoms with E-state index in [9.17, 15) is 5.11 Å². The van der Waals surface area contributed by atoms with Crippen LogP contribution in [0.25, 0.3) is 10.2 Å². The molecule has 7 heteroatoms. The first-order chi connectivity index (χ1) is 13.8. The Morgan fingerprint density at radius 2 is 2.18 bits per heavy atom. The predicted molar refractivity (Wildman–Crippen MR) is 115 cm³/mol. The number of aromatic nitrogens is 3. The lowest BCUT2D eigenvalue weighted by molar-refractivity contribution is 0.262. The van der Waals surface area contributed by atoms with E-state index in [2.05, 4.69) is 45.3 Å². The highest BCUT2D eigenvalue weighted by Gasteiger charge is 2.22. The lowest BCUT2D eigenvalue weighted by atomic mass is 9.99. The molecule has 0 bridgehead atoms. The van der Waals surface area contributed by atoms with Crippen LogP contribution < -0.4 is 10.2 Å². The van der Waals surface area contributed by atoms with Gasteiger partial charge in [-0.2, -0.15) is 0 Å². The van der Waals surface area contributed by atoms with Crippen molar-refractivity contribution < 1.29 is 5.11 Å². The van der Waals surface area contributed by atoms with Crippen molar-refractivity contribution in [3.05, 3.63) is 41.2 Å². The van der Waals surface area contributed by atoms with E-state index < -0.39 is 0 Å². The van der Waals surface area contributed by atoms with Gasteiger partial charge in [-0.15, -0.1) is 11.3 Å². The monoisotopic (exact) mass is 397 g/mol. The number of aliphatic hydroxyl groups excluding tert-OH is 1. The normalized spacial score (nSPS) is 17.2. The first kappa shape index (κ1) is 19.1. The Hall–Kier alpha value is -2.25. The zero-order valence-electron chi connectivity index (χ0n) is 16.3. The number of nitrogens with zero attached hydrogens (tertiary/aromatic N) is 4. The molecule has 1 aliphatic rings. The molecule has 28 heavy (non-hydrogen) atoms. The Bertz CT molecular complexity index is 909. The maximum Gasteiger partial charge on any atom is 0.138 e. The number of rotatable bonds is 7. The Kier molecular flexibility index (Phi) is 6.02. The van der Waals surface area contributed by atoms with Crippen molar-refractivity contribution in [1.29, 1.82) is 0 Å². The Morgan fingerprint density at radius 1 is 1.25 bits per heavy atom. The number of anilines is 2. The van der Waals surface area contributed by atoms with E-state index in [-0.39, 0.29) is 6.61 Å². The average Bonchev–Trinajstić information content (AvgIpc) is 3.17. The van der Waals surface area contributed by atoms with Gasteiger partial charge in [0.25, 0.3) is 0 Å². The molecule has 6 nitrogen and oxygen atoms in total. The number of aliphatic hydroxyl groups is 1. The van der Waals surface area contributed by atoms with Crippen LogP contribution in [0.2, 0.25) is 0 Å². The van der Waals surface area contributed by atoms with Crippen molar-refractivity contribution in [2.24, 2.45) is 0 Å². The average molecular weight is 398 g/mol. The summed E-state index contributed by atoms with van der Waals surface area (Å²) >= 11 is 1.73. The second-order valence-electron chi connectivity index (χ2n) is 7.24. The predicted octanol–water partition coefficient (Wildman–Crippen LogP) is 4.00. The minimum atomic E-state index is 0.235. The third kappa shape index (κ3) is 4.10. The van der Waals surface area contributed by atoms with E-state index in [1.807, 2.05) is 6.20 Å². The smallest absolute Gasteiger partial charge is 0.138 e. The molecule has 0 radical (unpaired) electrons. The highest BCUT2D eigenvalue weighted by Crippen LogP contribution is 2.29. The molecule has 1 atom stereocenters. The Morgan fingerprint density at radius 3 is 2.96 bits per heavy atom. The molecule has 148 valence electrons. The fourth-order valence-electron chi connectivity index (χ4n) is 3.85. The summed E-state index contributed by atoms with van der Waals surface area (Å²) in [4.78, 5) is 18.2. The summed E-state index contributed by atoms with van der Waals surface area (Å²) in [6, 6.07) is 6.81. The van der Waals surface area contributed by atoms with Crippen LogP contribution in [0.1, 0.15) is 43.0 Å². The molecule has 0 amide bonds. The summed E-state index contributed by atoms with van der Waals surface area (Å²) in [6.45, 7) is 4.09. The maximum absolute atomic E-state index is 9.33. The van der Waals surface area contributed by atoms with Crippen LogP contribution in [-0.4, -0.2) is 39.3 Å². The quantitative estimate of drug-likeness (QED) is 0.628. The van der Waals surface area contributed by atoms with Gasteiger partial charge in [0.05, 0.1) is 5.39 Å². The molecule has 1 fully saturated rings. The molecule has 3 aromatic heterocycles. The summed E-state index contributed by atoms with van der Waals surface area (Å²) in [5.74, 6) is 1.89. The van der Waals surface area contributed by atoms with Crippen LogP contribution >= 0.6 is 11.3 Å². The van der Waals surface area contributed by atoms with Crippen LogP contribution in [-0.2, 0) is 13.0 Å². The number of pyridine rings is 1. The van der Waals surface area contributed by atoms with Gasteiger partial charge in [-0.05, 0) is 49.8 Å². The van der Waals surface area contributed by atoms with Crippen molar-refractivity contribution in [3.63, 3.8) is 0 Å². The van der Waals surface area contributed by atoms with E-state index in [4.69, 9.17) is 4.98 Å². The van der Waals surface area contributed by atoms with Crippen LogP contribution in [0.4, 0.5) is 11.6 Å². The molecular formula is C21H27N5OS. The molecular weight excluding hydrogens is 370 g/mol. The van der Waals surface area contributed by atoms with E-state index in [0.29, 0.717) is 12.6 Å². The van der Waals surface area contributed by atoms with Gasteiger partial charge in [-0.1, -0.05) is 13.0 Å². The van der Waals surface area contributed by atoms with Crippen LogP contribution in [0.3, 0.4) is 0 Å². The molecule has 0 aromatic carbocycles. The van der Waals surface area contributed by atoms with E-state index in [1.54, 1.807) is 17.7 Å². The number of hydrogen-bond donors (Lipinski definition) is 2. The number of fused-ring (bicyclic) bond motifs is 1. The SMILES string of the molecule is CCc1cc2c(NCc3ccc(N4CCCC[C@@H]4CCO)nc3)ncnc2s1. The second-order valence-corrected chi connectivity index (χ2v) is 8.36. The van der Waals surface area contributed by atoms with Crippen LogP contribution in [0, 0.1) is 0 Å². The molecule has 2 N–H and O–H groups in total. The third-order valence-electron chi connectivity index (χ3n) is 5.38. The largest absolute Gasteiger partial charge is 0.396 e. The molecule has 0 saturated carbocycles. The molecule has 4 rings (SSSR count). The molecule has 1 saturated heterocycles. The number of nitrogens with one attached hydrogen (secondary N) is 1. The summed E-state index contributed by atoms with van der Waals surface area (Å²) in [5, 5.41) is 13.9. The van der Waals surface area contributed by atoms with Gasteiger partial charge in [-0.25, -0.2) is 15.0 Å². The van der Waals surface area contributed by atoms with Gasteiger partial charge in [-0.3, -0.25) is 0 Å². The molecule has 3 aromatic rings. The third-order valence-corrected chi connectivity index (χ3v) is 6.57. The van der Waals surface area contributed by atoms with E-state index >= 15 is 0 Å². The van der Waals surface area contributed by atoms with Gasteiger partial charge in [0.2, 0.25) is 0 Å². The minimum absolute atomic E-state index is 0.235. The number of hydrogen-bond acceptors (Lipinski definition) is 7. The zero-order valence-corrected chi connectivity index (χ0v) is 17.1. The van der Waals surface area contributed by atoms with Crippen molar-refractivity contribution in [2.75, 3.05) is 23.4 Å². The lowest BCUT2D eigenvalue weighted by Crippen LogP contribution is -2.40. The minimum Gasteiger partial charge on any atom is -0.396 e. The molecule has 0 aliphatic carbocycles. The standard InChI is InChI=1S/C21H27N5OS/c1-2-17-11-18-20(24-14-25-21(18)28-17)23-13-15-6-7-19(22-12-15)26-9-4-3-5-16(26)8-10-27/h6-7,11-12,14,16,27H,2-5,8-10,13H2,1H3,(H,23,24,25)/t16-/m1/s1. The summed E-state index contributed by atoms with van der Waals surface area (Å²) in [6.07, 6.45) is 8.95. The Labute approximate surface area is 169 Å². The second kappa shape index (κ2) is 8.84. The molecule has 0 spiro atoms. The first-order valence-corrected chi connectivity index (χ1v) is 10.9. The highest BCUT2D eigenvalue weighted by molar-refractivity contribution is 7.18. The first-order valence-electron chi connectivity index (χ1n) is 10.1. The van der Waals surface area contributed by atoms with Crippen molar-refractivity contribution in [3.8, 4) is 0 Å². The molecule has 0 unspecified atom stereocenters. The number of piperidine rings is 1. The summed E-state index contributed by atoms with van der Waals surface area (Å²) in [5.41, 5.74) is 1.12. The van der Waals surface area contributed by atoms with Gasteiger partial charge in [0.15, 0.2) is 0 Å².